The molecule has 0 heterocycles. The molecule has 0 aromatic heterocycles. The van der Waals surface area contributed by atoms with Gasteiger partial charge in [0.1, 0.15) is 12.1 Å². The van der Waals surface area contributed by atoms with E-state index in [1.54, 1.807) is 0 Å². The number of hydrogen-bond donors (Lipinski definition) is 5. The third-order valence-electron chi connectivity index (χ3n) is 2.05. The maximum atomic E-state index is 11.3. The fourth-order valence-electron chi connectivity index (χ4n) is 1.06. The van der Waals surface area contributed by atoms with E-state index in [-0.39, 0.29) is 25.9 Å². The Labute approximate surface area is 97.4 Å². The van der Waals surface area contributed by atoms with E-state index in [0.717, 1.165) is 0 Å². The van der Waals surface area contributed by atoms with Gasteiger partial charge in [0.25, 0.3) is 0 Å². The van der Waals surface area contributed by atoms with Gasteiger partial charge in [-0.3, -0.25) is 9.59 Å². The topological polar surface area (TPSA) is 150 Å². The Morgan fingerprint density at radius 3 is 2.12 bits per heavy atom. The molecular weight excluding hydrogens is 232 g/mol. The van der Waals surface area contributed by atoms with E-state index in [2.05, 4.69) is 5.32 Å². The fourth-order valence-corrected chi connectivity index (χ4v) is 1.06. The van der Waals surface area contributed by atoms with E-state index in [1.807, 2.05) is 0 Å². The normalized spacial score (nSPS) is 13.8. The second-order valence-corrected chi connectivity index (χ2v) is 3.45. The maximum absolute atomic E-state index is 11.3. The predicted molar refractivity (Wildman–Crippen MR) is 56.1 cm³/mol. The van der Waals surface area contributed by atoms with Crippen molar-refractivity contribution in [2.45, 2.75) is 31.3 Å². The fraction of sp³-hybridized carbons (Fsp3) is 0.667. The van der Waals surface area contributed by atoms with Crippen molar-refractivity contribution < 1.29 is 29.7 Å². The van der Waals surface area contributed by atoms with Crippen LogP contribution in [0.4, 0.5) is 0 Å². The summed E-state index contributed by atoms with van der Waals surface area (Å²) in [5.74, 6) is -3.08. The summed E-state index contributed by atoms with van der Waals surface area (Å²) in [7, 11) is 0. The number of carbonyl (C=O) groups excluding carboxylic acids is 1. The molecule has 0 aromatic carbocycles. The second-order valence-electron chi connectivity index (χ2n) is 3.45. The molecule has 0 radical (unpaired) electrons. The Balaban J connectivity index is 4.06. The molecule has 0 aromatic rings. The summed E-state index contributed by atoms with van der Waals surface area (Å²) >= 11 is 0. The number of carboxylic acids is 2. The molecule has 0 aliphatic heterocycles. The van der Waals surface area contributed by atoms with E-state index in [1.165, 1.54) is 0 Å². The van der Waals surface area contributed by atoms with Crippen molar-refractivity contribution >= 4 is 17.8 Å². The number of carbonyl (C=O) groups is 3. The molecule has 8 heteroatoms. The van der Waals surface area contributed by atoms with Crippen LogP contribution in [-0.4, -0.2) is 51.9 Å². The molecule has 0 bridgehead atoms. The highest BCUT2D eigenvalue weighted by molar-refractivity contribution is 5.84. The van der Waals surface area contributed by atoms with Gasteiger partial charge in [-0.15, -0.1) is 0 Å². The van der Waals surface area contributed by atoms with E-state index in [0.29, 0.717) is 0 Å². The summed E-state index contributed by atoms with van der Waals surface area (Å²) in [6.45, 7) is -0.369. The van der Waals surface area contributed by atoms with Crippen LogP contribution in [0.25, 0.3) is 0 Å². The van der Waals surface area contributed by atoms with Crippen LogP contribution in [-0.2, 0) is 14.4 Å². The van der Waals surface area contributed by atoms with Gasteiger partial charge in [-0.25, -0.2) is 4.79 Å². The highest BCUT2D eigenvalue weighted by Crippen LogP contribution is 1.98. The van der Waals surface area contributed by atoms with Crippen LogP contribution in [0.1, 0.15) is 19.3 Å². The van der Waals surface area contributed by atoms with Gasteiger partial charge in [0.15, 0.2) is 0 Å². The first kappa shape index (κ1) is 15.3. The number of aliphatic hydroxyl groups excluding tert-OH is 1. The molecule has 8 nitrogen and oxygen atoms in total. The number of aliphatic hydroxyl groups is 1. The number of carboxylic acid groups (broad SMARTS) is 2. The van der Waals surface area contributed by atoms with Crippen LogP contribution in [0, 0.1) is 0 Å². The number of nitrogens with one attached hydrogen (secondary N) is 1. The summed E-state index contributed by atoms with van der Waals surface area (Å²) in [6, 6.07) is -2.32. The number of amides is 1. The van der Waals surface area contributed by atoms with Gasteiger partial charge in [-0.2, -0.15) is 0 Å². The molecule has 0 rings (SSSR count). The molecule has 0 spiro atoms. The van der Waals surface area contributed by atoms with Gasteiger partial charge in [-0.1, -0.05) is 0 Å². The Kier molecular flexibility index (Phi) is 6.83. The lowest BCUT2D eigenvalue weighted by Gasteiger charge is -2.13. The van der Waals surface area contributed by atoms with Crippen molar-refractivity contribution in [3.63, 3.8) is 0 Å². The third kappa shape index (κ3) is 6.48. The zero-order valence-electron chi connectivity index (χ0n) is 9.13. The lowest BCUT2D eigenvalue weighted by molar-refractivity contribution is -0.142. The smallest absolute Gasteiger partial charge is 0.326 e. The number of hydrogen-bond acceptors (Lipinski definition) is 5. The van der Waals surface area contributed by atoms with Crippen molar-refractivity contribution in [2.24, 2.45) is 5.73 Å². The lowest BCUT2D eigenvalue weighted by Crippen LogP contribution is -2.42. The first-order valence-corrected chi connectivity index (χ1v) is 5.00. The Morgan fingerprint density at radius 1 is 1.12 bits per heavy atom. The molecule has 0 saturated carbocycles. The summed E-state index contributed by atoms with van der Waals surface area (Å²) in [5.41, 5.74) is 5.18. The largest absolute Gasteiger partial charge is 0.480 e. The van der Waals surface area contributed by atoms with Crippen LogP contribution in [0.3, 0.4) is 0 Å². The summed E-state index contributed by atoms with van der Waals surface area (Å²) in [4.78, 5) is 32.2. The Morgan fingerprint density at radius 2 is 1.71 bits per heavy atom. The van der Waals surface area contributed by atoms with Gasteiger partial charge >= 0.3 is 11.9 Å². The molecule has 0 aliphatic carbocycles. The van der Waals surface area contributed by atoms with Crippen LogP contribution in [0.5, 0.6) is 0 Å². The van der Waals surface area contributed by atoms with Crippen LogP contribution in [0.2, 0.25) is 0 Å². The monoisotopic (exact) mass is 248 g/mol. The van der Waals surface area contributed by atoms with Crippen molar-refractivity contribution in [3.8, 4) is 0 Å². The minimum absolute atomic E-state index is 0.0768. The molecule has 17 heavy (non-hydrogen) atoms. The van der Waals surface area contributed by atoms with Crippen LogP contribution >= 0.6 is 0 Å². The molecule has 2 atom stereocenters. The Hall–Kier alpha value is -1.67. The molecule has 1 amide bonds. The van der Waals surface area contributed by atoms with Crippen LogP contribution < -0.4 is 11.1 Å². The molecule has 0 fully saturated rings. The minimum atomic E-state index is -1.25. The standard InChI is InChI=1S/C9H16N2O6/c10-5(8(14)15)1-2-7(13)11-6(3-4-12)9(16)17/h5-6,12H,1-4,10H2,(H,11,13)(H,14,15)(H,16,17)/t5-,6-/m0/s1. The zero-order valence-corrected chi connectivity index (χ0v) is 9.13. The van der Waals surface area contributed by atoms with E-state index >= 15 is 0 Å². The van der Waals surface area contributed by atoms with Gasteiger partial charge in [0.2, 0.25) is 5.91 Å². The van der Waals surface area contributed by atoms with E-state index < -0.39 is 29.9 Å². The number of rotatable bonds is 8. The molecule has 0 aliphatic rings. The zero-order chi connectivity index (χ0) is 13.4. The van der Waals surface area contributed by atoms with Crippen molar-refractivity contribution in [3.05, 3.63) is 0 Å². The van der Waals surface area contributed by atoms with Crippen molar-refractivity contribution in [1.29, 1.82) is 0 Å². The highest BCUT2D eigenvalue weighted by atomic mass is 16.4. The van der Waals surface area contributed by atoms with Gasteiger partial charge in [-0.05, 0) is 6.42 Å². The predicted octanol–water partition coefficient (Wildman–Crippen LogP) is -1.87. The van der Waals surface area contributed by atoms with Crippen molar-refractivity contribution in [2.75, 3.05) is 6.61 Å². The van der Waals surface area contributed by atoms with Crippen LogP contribution in [0.15, 0.2) is 0 Å². The van der Waals surface area contributed by atoms with E-state index in [9.17, 15) is 14.4 Å². The average molecular weight is 248 g/mol. The summed E-state index contributed by atoms with van der Waals surface area (Å²) in [6.07, 6.45) is -0.360. The first-order chi connectivity index (χ1) is 7.88. The molecule has 0 saturated heterocycles. The molecule has 98 valence electrons. The third-order valence-corrected chi connectivity index (χ3v) is 2.05. The number of nitrogens with two attached hydrogens (primary N) is 1. The quantitative estimate of drug-likeness (QED) is 0.337. The summed E-state index contributed by atoms with van der Waals surface area (Å²) < 4.78 is 0. The average Bonchev–Trinajstić information content (AvgIpc) is 2.24. The maximum Gasteiger partial charge on any atom is 0.326 e. The van der Waals surface area contributed by atoms with Gasteiger partial charge in [0.05, 0.1) is 0 Å². The number of aliphatic carboxylic acids is 2. The lowest BCUT2D eigenvalue weighted by atomic mass is 10.1. The second kappa shape index (κ2) is 7.58. The molecular formula is C9H16N2O6. The van der Waals surface area contributed by atoms with Crippen molar-refractivity contribution in [1.82, 2.24) is 5.32 Å². The molecule has 6 N–H and O–H groups in total. The first-order valence-electron chi connectivity index (χ1n) is 5.00. The SMILES string of the molecule is N[C@@H](CCC(=O)N[C@@H](CCO)C(=O)O)C(=O)O. The summed E-state index contributed by atoms with van der Waals surface area (Å²) in [5, 5.41) is 27.9. The minimum Gasteiger partial charge on any atom is -0.480 e. The van der Waals surface area contributed by atoms with Gasteiger partial charge in [0, 0.05) is 19.4 Å². The Bertz CT molecular complexity index is 293. The molecule has 0 unspecified atom stereocenters. The highest BCUT2D eigenvalue weighted by Gasteiger charge is 2.20. The van der Waals surface area contributed by atoms with Gasteiger partial charge < -0.3 is 26.4 Å². The van der Waals surface area contributed by atoms with E-state index in [4.69, 9.17) is 21.1 Å².